The van der Waals surface area contributed by atoms with Crippen molar-refractivity contribution in [3.8, 4) is 17.2 Å². The van der Waals surface area contributed by atoms with Gasteiger partial charge in [-0.1, -0.05) is 5.16 Å². The number of aliphatic hydroxyl groups excluding tert-OH is 1. The van der Waals surface area contributed by atoms with Crippen molar-refractivity contribution < 1.29 is 33.4 Å². The highest BCUT2D eigenvalue weighted by molar-refractivity contribution is 6.51. The lowest BCUT2D eigenvalue weighted by molar-refractivity contribution is -0.132. The maximum atomic E-state index is 13.3. The van der Waals surface area contributed by atoms with Crippen LogP contribution in [-0.4, -0.2) is 42.3 Å². The van der Waals surface area contributed by atoms with Gasteiger partial charge in [0.25, 0.3) is 5.78 Å². The Morgan fingerprint density at radius 1 is 1.03 bits per heavy atom. The number of benzene rings is 2. The van der Waals surface area contributed by atoms with E-state index in [1.807, 2.05) is 13.8 Å². The van der Waals surface area contributed by atoms with Crippen LogP contribution in [-0.2, 0) is 9.59 Å². The van der Waals surface area contributed by atoms with Crippen molar-refractivity contribution in [3.05, 3.63) is 71.0 Å². The lowest BCUT2D eigenvalue weighted by atomic mass is 9.94. The molecule has 1 amide bonds. The largest absolute Gasteiger partial charge is 0.507 e. The van der Waals surface area contributed by atoms with Gasteiger partial charge in [0.05, 0.1) is 25.9 Å². The van der Waals surface area contributed by atoms with E-state index in [1.165, 1.54) is 19.1 Å². The number of Topliss-reactive ketones (excluding diaryl/α,β-unsaturated/α-hetero) is 1. The summed E-state index contributed by atoms with van der Waals surface area (Å²) in [6, 6.07) is 12.1. The molecule has 2 heterocycles. The Bertz CT molecular complexity index is 1290. The molecule has 1 aliphatic heterocycles. The second kappa shape index (κ2) is 9.54. The summed E-state index contributed by atoms with van der Waals surface area (Å²) in [5.74, 6) is 0.0405. The van der Waals surface area contributed by atoms with Gasteiger partial charge < -0.3 is 23.8 Å². The number of methoxy groups -OCH3 is 2. The molecule has 0 spiro atoms. The monoisotopic (exact) mass is 478 g/mol. The van der Waals surface area contributed by atoms with Crippen molar-refractivity contribution in [2.24, 2.45) is 0 Å². The fourth-order valence-electron chi connectivity index (χ4n) is 4.00. The van der Waals surface area contributed by atoms with Crippen molar-refractivity contribution in [3.63, 3.8) is 0 Å². The van der Waals surface area contributed by atoms with Crippen LogP contribution in [0, 0.1) is 6.92 Å². The third-order valence-corrected chi connectivity index (χ3v) is 5.54. The van der Waals surface area contributed by atoms with E-state index >= 15 is 0 Å². The summed E-state index contributed by atoms with van der Waals surface area (Å²) in [5.41, 5.74) is 0.676. The number of hydrogen-bond acceptors (Lipinski definition) is 8. The quantitative estimate of drug-likeness (QED) is 0.302. The van der Waals surface area contributed by atoms with Crippen molar-refractivity contribution in [1.82, 2.24) is 5.16 Å². The summed E-state index contributed by atoms with van der Waals surface area (Å²) >= 11 is 0. The zero-order valence-corrected chi connectivity index (χ0v) is 20.1. The molecule has 1 aromatic heterocycles. The third kappa shape index (κ3) is 4.44. The van der Waals surface area contributed by atoms with Gasteiger partial charge in [0, 0.05) is 17.2 Å². The van der Waals surface area contributed by atoms with E-state index in [1.54, 1.807) is 55.5 Å². The molecule has 4 rings (SSSR count). The van der Waals surface area contributed by atoms with Gasteiger partial charge in [-0.3, -0.25) is 14.5 Å². The molecule has 0 saturated carbocycles. The number of aromatic nitrogens is 1. The Balaban J connectivity index is 1.93. The molecule has 0 radical (unpaired) electrons. The summed E-state index contributed by atoms with van der Waals surface area (Å²) < 4.78 is 21.7. The maximum absolute atomic E-state index is 13.3. The van der Waals surface area contributed by atoms with Gasteiger partial charge in [0.2, 0.25) is 0 Å². The number of amides is 1. The van der Waals surface area contributed by atoms with Crippen molar-refractivity contribution >= 4 is 23.3 Å². The van der Waals surface area contributed by atoms with Crippen LogP contribution in [0.15, 0.2) is 58.6 Å². The maximum Gasteiger partial charge on any atom is 0.301 e. The first-order chi connectivity index (χ1) is 16.7. The van der Waals surface area contributed by atoms with Gasteiger partial charge >= 0.3 is 5.91 Å². The van der Waals surface area contributed by atoms with Crippen LogP contribution in [0.1, 0.15) is 36.8 Å². The number of carbonyl (C=O) groups is 2. The molecular weight excluding hydrogens is 452 g/mol. The molecule has 1 fully saturated rings. The Morgan fingerprint density at radius 3 is 2.29 bits per heavy atom. The average Bonchev–Trinajstić information content (AvgIpc) is 3.38. The molecule has 2 aromatic carbocycles. The van der Waals surface area contributed by atoms with E-state index in [0.29, 0.717) is 34.1 Å². The van der Waals surface area contributed by atoms with E-state index in [0.717, 1.165) is 0 Å². The zero-order valence-electron chi connectivity index (χ0n) is 20.1. The number of aliphatic hydroxyl groups is 1. The van der Waals surface area contributed by atoms with Gasteiger partial charge in [-0.15, -0.1) is 0 Å². The molecule has 0 aliphatic carbocycles. The lowest BCUT2D eigenvalue weighted by Crippen LogP contribution is -2.30. The first kappa shape index (κ1) is 23.9. The van der Waals surface area contributed by atoms with E-state index < -0.39 is 17.7 Å². The van der Waals surface area contributed by atoms with E-state index in [-0.39, 0.29) is 23.3 Å². The Morgan fingerprint density at radius 2 is 1.71 bits per heavy atom. The highest BCUT2D eigenvalue weighted by Gasteiger charge is 2.49. The Labute approximate surface area is 202 Å². The van der Waals surface area contributed by atoms with E-state index in [9.17, 15) is 14.7 Å². The minimum atomic E-state index is -1.05. The molecule has 35 heavy (non-hydrogen) atoms. The summed E-state index contributed by atoms with van der Waals surface area (Å²) in [7, 11) is 2.98. The molecule has 1 saturated heterocycles. The highest BCUT2D eigenvalue weighted by Crippen LogP contribution is 2.45. The standard InChI is InChI=1S/C26H26N2O7/c1-14(2)34-17-8-6-16(7-9-17)24(29)22-23(19-13-18(32-4)10-11-20(19)33-5)28(26(31)25(22)30)21-12-15(3)35-27-21/h6-14,23,29H,1-5H3/t23-/m0/s1. The number of ketones is 1. The summed E-state index contributed by atoms with van der Waals surface area (Å²) in [4.78, 5) is 27.7. The summed E-state index contributed by atoms with van der Waals surface area (Å²) in [6.45, 7) is 5.49. The summed E-state index contributed by atoms with van der Waals surface area (Å²) in [6.07, 6.45) is -0.0220. The molecule has 1 atom stereocenters. The predicted molar refractivity (Wildman–Crippen MR) is 128 cm³/mol. The van der Waals surface area contributed by atoms with Gasteiger partial charge in [-0.2, -0.15) is 0 Å². The topological polar surface area (TPSA) is 111 Å². The first-order valence-corrected chi connectivity index (χ1v) is 11.0. The predicted octanol–water partition coefficient (Wildman–Crippen LogP) is 4.41. The SMILES string of the molecule is COc1ccc(OC)c([C@H]2C(=C(O)c3ccc(OC(C)C)cc3)C(=O)C(=O)N2c2cc(C)on2)c1. The first-order valence-electron chi connectivity index (χ1n) is 11.0. The fraction of sp³-hybridized carbons (Fsp3) is 0.269. The molecule has 9 heteroatoms. The Kier molecular flexibility index (Phi) is 6.50. The van der Waals surface area contributed by atoms with Crippen molar-refractivity contribution in [2.75, 3.05) is 19.1 Å². The second-order valence-electron chi connectivity index (χ2n) is 8.26. The minimum absolute atomic E-state index is 0.0220. The average molecular weight is 479 g/mol. The smallest absolute Gasteiger partial charge is 0.301 e. The van der Waals surface area contributed by atoms with Crippen LogP contribution in [0.2, 0.25) is 0 Å². The Hall–Kier alpha value is -4.27. The van der Waals surface area contributed by atoms with Gasteiger partial charge in [-0.05, 0) is 63.2 Å². The van der Waals surface area contributed by atoms with Crippen molar-refractivity contribution in [2.45, 2.75) is 32.9 Å². The molecule has 3 aromatic rings. The van der Waals surface area contributed by atoms with Crippen LogP contribution in [0.3, 0.4) is 0 Å². The fourth-order valence-corrected chi connectivity index (χ4v) is 4.00. The van der Waals surface area contributed by atoms with Gasteiger partial charge in [0.15, 0.2) is 5.82 Å². The van der Waals surface area contributed by atoms with Gasteiger partial charge in [0.1, 0.15) is 34.8 Å². The van der Waals surface area contributed by atoms with Crippen LogP contribution >= 0.6 is 0 Å². The molecule has 0 unspecified atom stereocenters. The van der Waals surface area contributed by atoms with Crippen molar-refractivity contribution in [1.29, 1.82) is 0 Å². The molecular formula is C26H26N2O7. The number of nitrogens with zero attached hydrogens (tertiary/aromatic N) is 2. The summed E-state index contributed by atoms with van der Waals surface area (Å²) in [5, 5.41) is 15.2. The van der Waals surface area contributed by atoms with Crippen LogP contribution in [0.25, 0.3) is 5.76 Å². The number of ether oxygens (including phenoxy) is 3. The third-order valence-electron chi connectivity index (χ3n) is 5.54. The minimum Gasteiger partial charge on any atom is -0.507 e. The van der Waals surface area contributed by atoms with Crippen LogP contribution in [0.5, 0.6) is 17.2 Å². The number of carbonyl (C=O) groups excluding carboxylic acids is 2. The number of aryl methyl sites for hydroxylation is 1. The van der Waals surface area contributed by atoms with E-state index in [2.05, 4.69) is 5.16 Å². The zero-order chi connectivity index (χ0) is 25.3. The number of anilines is 1. The molecule has 182 valence electrons. The number of hydrogen-bond donors (Lipinski definition) is 1. The second-order valence-corrected chi connectivity index (χ2v) is 8.26. The lowest BCUT2D eigenvalue weighted by Gasteiger charge is -2.24. The normalized spacial score (nSPS) is 17.2. The number of rotatable bonds is 7. The molecule has 9 nitrogen and oxygen atoms in total. The molecule has 1 N–H and O–H groups in total. The van der Waals surface area contributed by atoms with Gasteiger partial charge in [-0.25, -0.2) is 0 Å². The van der Waals surface area contributed by atoms with E-state index in [4.69, 9.17) is 18.7 Å². The van der Waals surface area contributed by atoms with Crippen LogP contribution in [0.4, 0.5) is 5.82 Å². The van der Waals surface area contributed by atoms with Crippen LogP contribution < -0.4 is 19.1 Å². The molecule has 0 bridgehead atoms. The molecule has 1 aliphatic rings. The highest BCUT2D eigenvalue weighted by atomic mass is 16.5.